The van der Waals surface area contributed by atoms with Gasteiger partial charge in [0, 0.05) is 6.04 Å². The highest BCUT2D eigenvalue weighted by Crippen LogP contribution is 2.25. The maximum atomic E-state index is 13.3. The van der Waals surface area contributed by atoms with E-state index < -0.39 is 11.6 Å². The smallest absolute Gasteiger partial charge is 0.202 e. The molecule has 0 radical (unpaired) electrons. The van der Waals surface area contributed by atoms with E-state index in [-0.39, 0.29) is 17.5 Å². The Labute approximate surface area is 81.9 Å². The Morgan fingerprint density at radius 2 is 1.86 bits per heavy atom. The summed E-state index contributed by atoms with van der Waals surface area (Å²) < 4.78 is 31.1. The summed E-state index contributed by atoms with van der Waals surface area (Å²) in [5.74, 6) is -1.95. The molecule has 0 saturated heterocycles. The molecule has 1 N–H and O–H groups in total. The Bertz CT molecular complexity index is 326. The maximum Gasteiger partial charge on any atom is 0.202 e. The van der Waals surface area contributed by atoms with Crippen LogP contribution in [0.25, 0.3) is 0 Å². The van der Waals surface area contributed by atoms with E-state index in [1.807, 2.05) is 13.8 Å². The third-order valence-electron chi connectivity index (χ3n) is 1.71. The first-order valence-corrected chi connectivity index (χ1v) is 4.34. The SMILES string of the molecule is COc1ccc(NC(C)C)c(F)c1F. The van der Waals surface area contributed by atoms with Crippen LogP contribution in [-0.2, 0) is 0 Å². The van der Waals surface area contributed by atoms with Crippen molar-refractivity contribution in [3.63, 3.8) is 0 Å². The van der Waals surface area contributed by atoms with Gasteiger partial charge in [-0.2, -0.15) is 4.39 Å². The molecule has 2 nitrogen and oxygen atoms in total. The van der Waals surface area contributed by atoms with Gasteiger partial charge < -0.3 is 10.1 Å². The molecule has 4 heteroatoms. The molecule has 0 bridgehead atoms. The first-order valence-electron chi connectivity index (χ1n) is 4.34. The number of halogens is 2. The third kappa shape index (κ3) is 2.13. The minimum absolute atomic E-state index is 0.0531. The summed E-state index contributed by atoms with van der Waals surface area (Å²) >= 11 is 0. The Balaban J connectivity index is 3.04. The lowest BCUT2D eigenvalue weighted by molar-refractivity contribution is 0.372. The second-order valence-electron chi connectivity index (χ2n) is 3.24. The molecule has 0 amide bonds. The van der Waals surface area contributed by atoms with E-state index in [4.69, 9.17) is 0 Å². The van der Waals surface area contributed by atoms with Gasteiger partial charge in [-0.25, -0.2) is 4.39 Å². The fourth-order valence-corrected chi connectivity index (χ4v) is 1.11. The molecule has 0 aliphatic heterocycles. The first-order chi connectivity index (χ1) is 6.56. The third-order valence-corrected chi connectivity index (χ3v) is 1.71. The number of hydrogen-bond acceptors (Lipinski definition) is 2. The van der Waals surface area contributed by atoms with Gasteiger partial charge in [0.05, 0.1) is 12.8 Å². The van der Waals surface area contributed by atoms with Crippen molar-refractivity contribution in [1.29, 1.82) is 0 Å². The van der Waals surface area contributed by atoms with Crippen molar-refractivity contribution in [3.8, 4) is 5.75 Å². The molecule has 1 aromatic rings. The highest BCUT2D eigenvalue weighted by molar-refractivity contribution is 5.49. The minimum atomic E-state index is -0.960. The monoisotopic (exact) mass is 201 g/mol. The molecule has 0 atom stereocenters. The fraction of sp³-hybridized carbons (Fsp3) is 0.400. The van der Waals surface area contributed by atoms with Crippen LogP contribution in [0, 0.1) is 11.6 Å². The van der Waals surface area contributed by atoms with E-state index >= 15 is 0 Å². The van der Waals surface area contributed by atoms with Gasteiger partial charge >= 0.3 is 0 Å². The van der Waals surface area contributed by atoms with E-state index in [9.17, 15) is 8.78 Å². The molecule has 0 aliphatic rings. The maximum absolute atomic E-state index is 13.3. The van der Waals surface area contributed by atoms with E-state index in [2.05, 4.69) is 10.1 Å². The number of methoxy groups -OCH3 is 1. The molecule has 14 heavy (non-hydrogen) atoms. The van der Waals surface area contributed by atoms with Crippen LogP contribution in [0.3, 0.4) is 0 Å². The second kappa shape index (κ2) is 4.26. The molecule has 0 aromatic heterocycles. The summed E-state index contributed by atoms with van der Waals surface area (Å²) in [5.41, 5.74) is 0.151. The molecule has 1 rings (SSSR count). The average molecular weight is 201 g/mol. The van der Waals surface area contributed by atoms with Gasteiger partial charge in [-0.05, 0) is 26.0 Å². The number of rotatable bonds is 3. The summed E-state index contributed by atoms with van der Waals surface area (Å²) in [6, 6.07) is 2.90. The largest absolute Gasteiger partial charge is 0.494 e. The molecule has 0 spiro atoms. The van der Waals surface area contributed by atoms with Crippen LogP contribution in [0.15, 0.2) is 12.1 Å². The van der Waals surface area contributed by atoms with Crippen LogP contribution in [0.1, 0.15) is 13.8 Å². The van der Waals surface area contributed by atoms with E-state index in [1.54, 1.807) is 0 Å². The predicted octanol–water partition coefficient (Wildman–Crippen LogP) is 2.79. The van der Waals surface area contributed by atoms with Crippen molar-refractivity contribution in [3.05, 3.63) is 23.8 Å². The summed E-state index contributed by atoms with van der Waals surface area (Å²) in [5, 5.41) is 2.79. The number of ether oxygens (including phenoxy) is 1. The standard InChI is InChI=1S/C10H13F2NO/c1-6(2)13-7-4-5-8(14-3)10(12)9(7)11/h4-6,13H,1-3H3. The lowest BCUT2D eigenvalue weighted by atomic mass is 10.2. The summed E-state index contributed by atoms with van der Waals surface area (Å²) in [7, 11) is 1.30. The van der Waals surface area contributed by atoms with Crippen LogP contribution in [0.5, 0.6) is 5.75 Å². The molecule has 0 unspecified atom stereocenters. The van der Waals surface area contributed by atoms with Crippen LogP contribution in [-0.4, -0.2) is 13.2 Å². The fourth-order valence-electron chi connectivity index (χ4n) is 1.11. The van der Waals surface area contributed by atoms with Crippen LogP contribution in [0.4, 0.5) is 14.5 Å². The number of hydrogen-bond donors (Lipinski definition) is 1. The summed E-state index contributed by atoms with van der Waals surface area (Å²) in [6.45, 7) is 3.70. The van der Waals surface area contributed by atoms with Gasteiger partial charge in [-0.1, -0.05) is 0 Å². The molecule has 78 valence electrons. The second-order valence-corrected chi connectivity index (χ2v) is 3.24. The average Bonchev–Trinajstić information content (AvgIpc) is 2.13. The van der Waals surface area contributed by atoms with E-state index in [1.165, 1.54) is 19.2 Å². The lowest BCUT2D eigenvalue weighted by Gasteiger charge is -2.12. The van der Waals surface area contributed by atoms with Crippen LogP contribution in [0.2, 0.25) is 0 Å². The minimum Gasteiger partial charge on any atom is -0.494 e. The van der Waals surface area contributed by atoms with Gasteiger partial charge in [-0.15, -0.1) is 0 Å². The molecule has 0 saturated carbocycles. The van der Waals surface area contributed by atoms with E-state index in [0.717, 1.165) is 0 Å². The van der Waals surface area contributed by atoms with Crippen molar-refractivity contribution < 1.29 is 13.5 Å². The zero-order chi connectivity index (χ0) is 10.7. The number of anilines is 1. The van der Waals surface area contributed by atoms with Crippen molar-refractivity contribution in [2.75, 3.05) is 12.4 Å². The van der Waals surface area contributed by atoms with Crippen molar-refractivity contribution >= 4 is 5.69 Å². The normalized spacial score (nSPS) is 10.4. The highest BCUT2D eigenvalue weighted by Gasteiger charge is 2.13. The van der Waals surface area contributed by atoms with Crippen LogP contribution < -0.4 is 10.1 Å². The zero-order valence-corrected chi connectivity index (χ0v) is 8.40. The van der Waals surface area contributed by atoms with Crippen molar-refractivity contribution in [2.45, 2.75) is 19.9 Å². The van der Waals surface area contributed by atoms with Gasteiger partial charge in [0.15, 0.2) is 11.6 Å². The zero-order valence-electron chi connectivity index (χ0n) is 8.40. The number of nitrogens with one attached hydrogen (secondary N) is 1. The Hall–Kier alpha value is -1.32. The first kappa shape index (κ1) is 10.8. The van der Waals surface area contributed by atoms with Gasteiger partial charge in [-0.3, -0.25) is 0 Å². The van der Waals surface area contributed by atoms with Gasteiger partial charge in [0.1, 0.15) is 0 Å². The molecule has 1 aromatic carbocycles. The van der Waals surface area contributed by atoms with Crippen molar-refractivity contribution in [1.82, 2.24) is 0 Å². The molecule has 0 heterocycles. The topological polar surface area (TPSA) is 21.3 Å². The van der Waals surface area contributed by atoms with Gasteiger partial charge in [0.2, 0.25) is 5.82 Å². The molecular weight excluding hydrogens is 188 g/mol. The number of benzene rings is 1. The highest BCUT2D eigenvalue weighted by atomic mass is 19.2. The molecule has 0 fully saturated rings. The molecule has 0 aliphatic carbocycles. The molecular formula is C10H13F2NO. The summed E-state index contributed by atoms with van der Waals surface area (Å²) in [4.78, 5) is 0. The Kier molecular flexibility index (Phi) is 3.28. The van der Waals surface area contributed by atoms with Crippen molar-refractivity contribution in [2.24, 2.45) is 0 Å². The Morgan fingerprint density at radius 1 is 1.21 bits per heavy atom. The van der Waals surface area contributed by atoms with E-state index in [0.29, 0.717) is 0 Å². The Morgan fingerprint density at radius 3 is 2.36 bits per heavy atom. The lowest BCUT2D eigenvalue weighted by Crippen LogP contribution is -2.11. The quantitative estimate of drug-likeness (QED) is 0.811. The van der Waals surface area contributed by atoms with Gasteiger partial charge in [0.25, 0.3) is 0 Å². The van der Waals surface area contributed by atoms with Crippen LogP contribution >= 0.6 is 0 Å². The summed E-state index contributed by atoms with van der Waals surface area (Å²) in [6.07, 6.45) is 0. The predicted molar refractivity (Wildman–Crippen MR) is 51.7 cm³/mol.